The molecule has 0 aliphatic heterocycles. The second-order valence-corrected chi connectivity index (χ2v) is 2.52. The molecule has 0 N–H and O–H groups in total. The van der Waals surface area contributed by atoms with Crippen LogP contribution in [0.3, 0.4) is 0 Å². The predicted octanol–water partition coefficient (Wildman–Crippen LogP) is 2.03. The van der Waals surface area contributed by atoms with Gasteiger partial charge >= 0.3 is 12.1 Å². The number of esters is 1. The minimum atomic E-state index is -4.73. The fourth-order valence-electron chi connectivity index (χ4n) is 0.840. The standard InChI is InChI=1S/C8H5F4NO2/c1-15-7(14)6-4(9)2-3-5(13-6)8(10,11)12/h2-3H,1H3. The molecule has 1 rings (SSSR count). The molecule has 0 aliphatic carbocycles. The predicted molar refractivity (Wildman–Crippen MR) is 40.5 cm³/mol. The van der Waals surface area contributed by atoms with E-state index in [1.807, 2.05) is 0 Å². The van der Waals surface area contributed by atoms with Crippen molar-refractivity contribution < 1.29 is 27.1 Å². The van der Waals surface area contributed by atoms with E-state index in [9.17, 15) is 22.4 Å². The van der Waals surface area contributed by atoms with Gasteiger partial charge in [0.1, 0.15) is 5.69 Å². The fourth-order valence-corrected chi connectivity index (χ4v) is 0.840. The summed E-state index contributed by atoms with van der Waals surface area (Å²) in [6.45, 7) is 0. The summed E-state index contributed by atoms with van der Waals surface area (Å²) in [7, 11) is 0.920. The van der Waals surface area contributed by atoms with E-state index in [4.69, 9.17) is 0 Å². The second-order valence-electron chi connectivity index (χ2n) is 2.52. The highest BCUT2D eigenvalue weighted by molar-refractivity contribution is 5.87. The Hall–Kier alpha value is -1.66. The second kappa shape index (κ2) is 3.84. The van der Waals surface area contributed by atoms with E-state index in [0.29, 0.717) is 12.1 Å². The fraction of sp³-hybridized carbons (Fsp3) is 0.250. The molecule has 3 nitrogen and oxygen atoms in total. The molecule has 0 amide bonds. The van der Waals surface area contributed by atoms with Gasteiger partial charge < -0.3 is 4.74 Å². The van der Waals surface area contributed by atoms with Crippen molar-refractivity contribution in [2.24, 2.45) is 0 Å². The average molecular weight is 223 g/mol. The largest absolute Gasteiger partial charge is 0.464 e. The molecule has 0 bridgehead atoms. The molecule has 7 heteroatoms. The third kappa shape index (κ3) is 2.42. The van der Waals surface area contributed by atoms with Gasteiger partial charge in [-0.25, -0.2) is 14.2 Å². The molecule has 15 heavy (non-hydrogen) atoms. The SMILES string of the molecule is COC(=O)c1nc(C(F)(F)F)ccc1F. The van der Waals surface area contributed by atoms with Crippen LogP contribution < -0.4 is 0 Å². The summed E-state index contributed by atoms with van der Waals surface area (Å²) in [5, 5.41) is 0. The zero-order chi connectivity index (χ0) is 11.6. The van der Waals surface area contributed by atoms with Crippen molar-refractivity contribution in [1.82, 2.24) is 4.98 Å². The molecule has 0 unspecified atom stereocenters. The molecule has 0 radical (unpaired) electrons. The number of pyridine rings is 1. The zero-order valence-corrected chi connectivity index (χ0v) is 7.43. The van der Waals surface area contributed by atoms with Gasteiger partial charge in [-0.15, -0.1) is 0 Å². The normalized spacial score (nSPS) is 11.3. The average Bonchev–Trinajstić information content (AvgIpc) is 2.15. The maximum absolute atomic E-state index is 12.9. The third-order valence-electron chi connectivity index (χ3n) is 1.52. The van der Waals surface area contributed by atoms with Crippen molar-refractivity contribution in [2.75, 3.05) is 7.11 Å². The first-order valence-electron chi connectivity index (χ1n) is 3.68. The van der Waals surface area contributed by atoms with Gasteiger partial charge in [-0.3, -0.25) is 0 Å². The number of hydrogen-bond acceptors (Lipinski definition) is 3. The molecule has 0 saturated carbocycles. The first-order chi connectivity index (χ1) is 6.86. The third-order valence-corrected chi connectivity index (χ3v) is 1.52. The Morgan fingerprint density at radius 1 is 1.40 bits per heavy atom. The smallest absolute Gasteiger partial charge is 0.433 e. The van der Waals surface area contributed by atoms with E-state index >= 15 is 0 Å². The first kappa shape index (κ1) is 11.4. The minimum Gasteiger partial charge on any atom is -0.464 e. The molecule has 0 spiro atoms. The molecule has 1 aromatic heterocycles. The molecular formula is C8H5F4NO2. The maximum Gasteiger partial charge on any atom is 0.433 e. The van der Waals surface area contributed by atoms with Crippen LogP contribution in [-0.2, 0) is 10.9 Å². The van der Waals surface area contributed by atoms with Crippen LogP contribution in [0.2, 0.25) is 0 Å². The van der Waals surface area contributed by atoms with Crippen molar-refractivity contribution >= 4 is 5.97 Å². The Morgan fingerprint density at radius 3 is 2.47 bits per heavy atom. The molecule has 0 aliphatic rings. The number of ether oxygens (including phenoxy) is 1. The molecular weight excluding hydrogens is 218 g/mol. The highest BCUT2D eigenvalue weighted by Crippen LogP contribution is 2.28. The lowest BCUT2D eigenvalue weighted by Crippen LogP contribution is -2.14. The number of carbonyl (C=O) groups is 1. The van der Waals surface area contributed by atoms with Gasteiger partial charge in [-0.05, 0) is 12.1 Å². The maximum atomic E-state index is 12.9. The van der Waals surface area contributed by atoms with Crippen LogP contribution in [0.4, 0.5) is 17.6 Å². The lowest BCUT2D eigenvalue weighted by atomic mass is 10.3. The van der Waals surface area contributed by atoms with Crippen molar-refractivity contribution in [3.63, 3.8) is 0 Å². The Balaban J connectivity index is 3.23. The number of methoxy groups -OCH3 is 1. The molecule has 0 saturated heterocycles. The molecule has 0 aromatic carbocycles. The summed E-state index contributed by atoms with van der Waals surface area (Å²) >= 11 is 0. The van der Waals surface area contributed by atoms with E-state index in [-0.39, 0.29) is 0 Å². The van der Waals surface area contributed by atoms with E-state index in [1.165, 1.54) is 0 Å². The lowest BCUT2D eigenvalue weighted by Gasteiger charge is -2.07. The number of nitrogens with zero attached hydrogens (tertiary/aromatic N) is 1. The Morgan fingerprint density at radius 2 is 2.00 bits per heavy atom. The van der Waals surface area contributed by atoms with E-state index < -0.39 is 29.4 Å². The van der Waals surface area contributed by atoms with E-state index in [0.717, 1.165) is 7.11 Å². The molecule has 82 valence electrons. The molecule has 1 aromatic rings. The Bertz CT molecular complexity index is 389. The van der Waals surface area contributed by atoms with Crippen LogP contribution in [0.15, 0.2) is 12.1 Å². The van der Waals surface area contributed by atoms with Crippen LogP contribution in [-0.4, -0.2) is 18.1 Å². The summed E-state index contributed by atoms with van der Waals surface area (Å²) < 4.78 is 53.3. The van der Waals surface area contributed by atoms with Crippen LogP contribution in [0.5, 0.6) is 0 Å². The van der Waals surface area contributed by atoms with Gasteiger partial charge in [0.25, 0.3) is 0 Å². The number of carbonyl (C=O) groups excluding carboxylic acids is 1. The summed E-state index contributed by atoms with van der Waals surface area (Å²) in [6.07, 6.45) is -4.73. The lowest BCUT2D eigenvalue weighted by molar-refractivity contribution is -0.141. The Kier molecular flexibility index (Phi) is 2.92. The minimum absolute atomic E-state index is 0.446. The monoisotopic (exact) mass is 223 g/mol. The van der Waals surface area contributed by atoms with Crippen LogP contribution >= 0.6 is 0 Å². The number of alkyl halides is 3. The van der Waals surface area contributed by atoms with E-state index in [2.05, 4.69) is 9.72 Å². The highest BCUT2D eigenvalue weighted by Gasteiger charge is 2.34. The van der Waals surface area contributed by atoms with Gasteiger partial charge in [0, 0.05) is 0 Å². The molecule has 0 atom stereocenters. The van der Waals surface area contributed by atoms with Gasteiger partial charge in [0.05, 0.1) is 7.11 Å². The van der Waals surface area contributed by atoms with Crippen molar-refractivity contribution in [3.05, 3.63) is 29.3 Å². The van der Waals surface area contributed by atoms with Crippen LogP contribution in [0.25, 0.3) is 0 Å². The van der Waals surface area contributed by atoms with Gasteiger partial charge in [0.2, 0.25) is 0 Å². The molecule has 0 fully saturated rings. The van der Waals surface area contributed by atoms with Gasteiger partial charge in [-0.2, -0.15) is 13.2 Å². The number of rotatable bonds is 1. The molecule has 1 heterocycles. The zero-order valence-electron chi connectivity index (χ0n) is 7.43. The van der Waals surface area contributed by atoms with Crippen molar-refractivity contribution in [2.45, 2.75) is 6.18 Å². The first-order valence-corrected chi connectivity index (χ1v) is 3.68. The quantitative estimate of drug-likeness (QED) is 0.540. The topological polar surface area (TPSA) is 39.2 Å². The van der Waals surface area contributed by atoms with Gasteiger partial charge in [0.15, 0.2) is 11.5 Å². The summed E-state index contributed by atoms with van der Waals surface area (Å²) in [6, 6.07) is 0.962. The van der Waals surface area contributed by atoms with Crippen LogP contribution in [0.1, 0.15) is 16.2 Å². The Labute approximate surface area is 81.7 Å². The summed E-state index contributed by atoms with van der Waals surface area (Å²) in [5.74, 6) is -2.41. The van der Waals surface area contributed by atoms with Crippen molar-refractivity contribution in [3.8, 4) is 0 Å². The highest BCUT2D eigenvalue weighted by atomic mass is 19.4. The number of aromatic nitrogens is 1. The number of halogens is 4. The van der Waals surface area contributed by atoms with Crippen LogP contribution in [0, 0.1) is 5.82 Å². The van der Waals surface area contributed by atoms with Crippen molar-refractivity contribution in [1.29, 1.82) is 0 Å². The van der Waals surface area contributed by atoms with Gasteiger partial charge in [-0.1, -0.05) is 0 Å². The summed E-state index contributed by atoms with van der Waals surface area (Å²) in [5.41, 5.74) is -2.32. The van der Waals surface area contributed by atoms with E-state index in [1.54, 1.807) is 0 Å². The number of hydrogen-bond donors (Lipinski definition) is 0. The summed E-state index contributed by atoms with van der Waals surface area (Å²) in [4.78, 5) is 13.7.